The molecule has 0 saturated carbocycles. The summed E-state index contributed by atoms with van der Waals surface area (Å²) in [5.74, 6) is 0.786. The van der Waals surface area contributed by atoms with Crippen molar-refractivity contribution in [2.75, 3.05) is 31.9 Å². The van der Waals surface area contributed by atoms with E-state index in [0.717, 1.165) is 26.2 Å². The molecule has 1 aromatic rings. The van der Waals surface area contributed by atoms with E-state index >= 15 is 0 Å². The van der Waals surface area contributed by atoms with Gasteiger partial charge < -0.3 is 10.2 Å². The van der Waals surface area contributed by atoms with E-state index < -0.39 is 4.92 Å². The smallest absolute Gasteiger partial charge is 0.287 e. The average molecular weight is 296 g/mol. The van der Waals surface area contributed by atoms with Crippen LogP contribution in [0.3, 0.4) is 0 Å². The van der Waals surface area contributed by atoms with Crippen LogP contribution in [-0.2, 0) is 4.79 Å². The van der Waals surface area contributed by atoms with Gasteiger partial charge in [-0.2, -0.15) is 0 Å². The molecule has 0 aromatic carbocycles. The van der Waals surface area contributed by atoms with E-state index in [0.29, 0.717) is 17.2 Å². The summed E-state index contributed by atoms with van der Waals surface area (Å²) in [7, 11) is 0. The molecular formula is C12H16N4O3S. The van der Waals surface area contributed by atoms with E-state index in [1.54, 1.807) is 6.07 Å². The Morgan fingerprint density at radius 2 is 2.20 bits per heavy atom. The maximum absolute atomic E-state index is 11.9. The molecule has 1 N–H and O–H groups in total. The van der Waals surface area contributed by atoms with Crippen LogP contribution >= 0.6 is 11.8 Å². The SMILES string of the molecule is O=C(CCSc1ccc([N+](=O)[O-])cn1)N1CCNCC1. The Kier molecular flexibility index (Phi) is 5.31. The van der Waals surface area contributed by atoms with Crippen LogP contribution in [0.25, 0.3) is 0 Å². The topological polar surface area (TPSA) is 88.4 Å². The number of amides is 1. The summed E-state index contributed by atoms with van der Waals surface area (Å²) in [6.45, 7) is 3.23. The summed E-state index contributed by atoms with van der Waals surface area (Å²) in [5, 5.41) is 14.4. The van der Waals surface area contributed by atoms with Crippen molar-refractivity contribution in [2.45, 2.75) is 11.4 Å². The van der Waals surface area contributed by atoms with Crippen molar-refractivity contribution in [1.29, 1.82) is 0 Å². The molecule has 1 saturated heterocycles. The summed E-state index contributed by atoms with van der Waals surface area (Å²) >= 11 is 1.44. The van der Waals surface area contributed by atoms with E-state index in [9.17, 15) is 14.9 Å². The molecule has 8 heteroatoms. The third-order valence-corrected chi connectivity index (χ3v) is 3.91. The second kappa shape index (κ2) is 7.20. The number of carbonyl (C=O) groups is 1. The number of nitro groups is 1. The molecule has 20 heavy (non-hydrogen) atoms. The normalized spacial score (nSPS) is 15.1. The van der Waals surface area contributed by atoms with Gasteiger partial charge in [-0.1, -0.05) is 0 Å². The molecule has 0 radical (unpaired) electrons. The molecule has 1 aliphatic heterocycles. The Bertz CT molecular complexity index is 474. The monoisotopic (exact) mass is 296 g/mol. The molecule has 0 spiro atoms. The highest BCUT2D eigenvalue weighted by Crippen LogP contribution is 2.19. The highest BCUT2D eigenvalue weighted by Gasteiger charge is 2.15. The molecule has 108 valence electrons. The summed E-state index contributed by atoms with van der Waals surface area (Å²) in [4.78, 5) is 27.8. The van der Waals surface area contributed by atoms with Gasteiger partial charge in [0.2, 0.25) is 5.91 Å². The Morgan fingerprint density at radius 3 is 2.80 bits per heavy atom. The van der Waals surface area contributed by atoms with Gasteiger partial charge in [0.15, 0.2) is 0 Å². The standard InChI is InChI=1S/C12H16N4O3S/c17-12(15-6-4-13-5-7-15)3-8-20-11-2-1-10(9-14-11)16(18)19/h1-2,9,13H,3-8H2. The molecule has 2 rings (SSSR count). The van der Waals surface area contributed by atoms with Gasteiger partial charge in [-0.25, -0.2) is 4.98 Å². The zero-order chi connectivity index (χ0) is 14.4. The Labute approximate surface area is 120 Å². The summed E-state index contributed by atoms with van der Waals surface area (Å²) in [6.07, 6.45) is 1.70. The molecule has 1 aromatic heterocycles. The second-order valence-corrected chi connectivity index (χ2v) is 5.46. The van der Waals surface area contributed by atoms with Crippen molar-refractivity contribution in [2.24, 2.45) is 0 Å². The number of hydrogen-bond acceptors (Lipinski definition) is 6. The molecule has 0 bridgehead atoms. The van der Waals surface area contributed by atoms with Gasteiger partial charge >= 0.3 is 0 Å². The van der Waals surface area contributed by atoms with Crippen LogP contribution in [0.15, 0.2) is 23.4 Å². The molecule has 0 atom stereocenters. The van der Waals surface area contributed by atoms with Gasteiger partial charge in [-0.05, 0) is 6.07 Å². The van der Waals surface area contributed by atoms with E-state index in [2.05, 4.69) is 10.3 Å². The number of pyridine rings is 1. The predicted octanol–water partition coefficient (Wildman–Crippen LogP) is 0.904. The third kappa shape index (κ3) is 4.17. The van der Waals surface area contributed by atoms with Crippen molar-refractivity contribution in [3.63, 3.8) is 0 Å². The van der Waals surface area contributed by atoms with Crippen molar-refractivity contribution >= 4 is 23.4 Å². The lowest BCUT2D eigenvalue weighted by Gasteiger charge is -2.27. The highest BCUT2D eigenvalue weighted by atomic mass is 32.2. The van der Waals surface area contributed by atoms with Crippen molar-refractivity contribution in [1.82, 2.24) is 15.2 Å². The van der Waals surface area contributed by atoms with Crippen LogP contribution < -0.4 is 5.32 Å². The number of thioether (sulfide) groups is 1. The van der Waals surface area contributed by atoms with Crippen molar-refractivity contribution in [3.05, 3.63) is 28.4 Å². The van der Waals surface area contributed by atoms with Crippen LogP contribution in [0, 0.1) is 10.1 Å². The van der Waals surface area contributed by atoms with E-state index in [4.69, 9.17) is 0 Å². The fourth-order valence-electron chi connectivity index (χ4n) is 1.88. The van der Waals surface area contributed by atoms with Gasteiger partial charge in [0, 0.05) is 44.4 Å². The Hall–Kier alpha value is -1.67. The first-order chi connectivity index (χ1) is 9.66. The maximum atomic E-state index is 11.9. The lowest BCUT2D eigenvalue weighted by Crippen LogP contribution is -2.46. The number of aromatic nitrogens is 1. The van der Waals surface area contributed by atoms with Crippen LogP contribution in [0.4, 0.5) is 5.69 Å². The average Bonchev–Trinajstić information content (AvgIpc) is 2.48. The maximum Gasteiger partial charge on any atom is 0.287 e. The van der Waals surface area contributed by atoms with Gasteiger partial charge in [-0.15, -0.1) is 11.8 Å². The largest absolute Gasteiger partial charge is 0.340 e. The van der Waals surface area contributed by atoms with Gasteiger partial charge in [0.1, 0.15) is 6.20 Å². The molecule has 7 nitrogen and oxygen atoms in total. The number of nitrogens with zero attached hydrogens (tertiary/aromatic N) is 3. The summed E-state index contributed by atoms with van der Waals surface area (Å²) < 4.78 is 0. The van der Waals surface area contributed by atoms with Gasteiger partial charge in [0.05, 0.1) is 9.95 Å². The van der Waals surface area contributed by atoms with Crippen LogP contribution in [-0.4, -0.2) is 52.6 Å². The Balaban J connectivity index is 1.74. The zero-order valence-electron chi connectivity index (χ0n) is 10.9. The fraction of sp³-hybridized carbons (Fsp3) is 0.500. The minimum absolute atomic E-state index is 0.0220. The number of hydrogen-bond donors (Lipinski definition) is 1. The second-order valence-electron chi connectivity index (χ2n) is 4.34. The minimum atomic E-state index is -0.477. The highest BCUT2D eigenvalue weighted by molar-refractivity contribution is 7.99. The first-order valence-corrected chi connectivity index (χ1v) is 7.37. The van der Waals surface area contributed by atoms with Crippen LogP contribution in [0.2, 0.25) is 0 Å². The number of nitrogens with one attached hydrogen (secondary N) is 1. The van der Waals surface area contributed by atoms with E-state index in [-0.39, 0.29) is 11.6 Å². The van der Waals surface area contributed by atoms with Gasteiger partial charge in [0.25, 0.3) is 5.69 Å². The molecule has 0 unspecified atom stereocenters. The summed E-state index contributed by atoms with van der Waals surface area (Å²) in [5.41, 5.74) is -0.0220. The van der Waals surface area contributed by atoms with Crippen LogP contribution in [0.1, 0.15) is 6.42 Å². The van der Waals surface area contributed by atoms with Gasteiger partial charge in [-0.3, -0.25) is 14.9 Å². The minimum Gasteiger partial charge on any atom is -0.340 e. The van der Waals surface area contributed by atoms with Crippen LogP contribution in [0.5, 0.6) is 0 Å². The number of rotatable bonds is 5. The quantitative estimate of drug-likeness (QED) is 0.493. The fourth-order valence-corrected chi connectivity index (χ4v) is 2.66. The molecule has 1 fully saturated rings. The first-order valence-electron chi connectivity index (χ1n) is 6.38. The lowest BCUT2D eigenvalue weighted by atomic mass is 10.3. The first kappa shape index (κ1) is 14.7. The molecule has 0 aliphatic carbocycles. The molecule has 2 heterocycles. The summed E-state index contributed by atoms with van der Waals surface area (Å²) in [6, 6.07) is 3.03. The molecular weight excluding hydrogens is 280 g/mol. The van der Waals surface area contributed by atoms with E-state index in [1.807, 2.05) is 4.90 Å². The molecule has 1 amide bonds. The van der Waals surface area contributed by atoms with Crippen molar-refractivity contribution in [3.8, 4) is 0 Å². The van der Waals surface area contributed by atoms with Crippen molar-refractivity contribution < 1.29 is 9.72 Å². The zero-order valence-corrected chi connectivity index (χ0v) is 11.8. The number of carbonyl (C=O) groups excluding carboxylic acids is 1. The predicted molar refractivity (Wildman–Crippen MR) is 75.7 cm³/mol. The lowest BCUT2D eigenvalue weighted by molar-refractivity contribution is -0.385. The number of piperazine rings is 1. The Morgan fingerprint density at radius 1 is 1.45 bits per heavy atom. The van der Waals surface area contributed by atoms with E-state index in [1.165, 1.54) is 24.0 Å². The third-order valence-electron chi connectivity index (χ3n) is 2.97. The molecule has 1 aliphatic rings.